The molecule has 0 heterocycles. The van der Waals surface area contributed by atoms with Crippen LogP contribution in [-0.4, -0.2) is 5.11 Å². The summed E-state index contributed by atoms with van der Waals surface area (Å²) < 4.78 is 75.0. The predicted molar refractivity (Wildman–Crippen MR) is 66.2 cm³/mol. The van der Waals surface area contributed by atoms with Crippen molar-refractivity contribution in [2.45, 2.75) is 39.2 Å². The maximum atomic E-state index is 12.5. The van der Waals surface area contributed by atoms with Crippen LogP contribution >= 0.6 is 0 Å². The molecule has 1 aromatic carbocycles. The molecule has 21 heavy (non-hydrogen) atoms. The molecule has 0 aliphatic heterocycles. The summed E-state index contributed by atoms with van der Waals surface area (Å²) in [5.41, 5.74) is -3.50. The molecule has 1 rings (SSSR count). The molecule has 1 nitrogen and oxygen atoms in total. The number of hydrogen-bond acceptors (Lipinski definition) is 1. The Hall–Kier alpha value is -1.68. The monoisotopic (exact) mass is 312 g/mol. The van der Waals surface area contributed by atoms with Crippen molar-refractivity contribution in [1.82, 2.24) is 0 Å². The van der Waals surface area contributed by atoms with E-state index in [1.807, 2.05) is 13.8 Å². The van der Waals surface area contributed by atoms with E-state index < -0.39 is 35.1 Å². The maximum absolute atomic E-state index is 12.5. The first-order chi connectivity index (χ1) is 9.55. The van der Waals surface area contributed by atoms with Crippen LogP contribution in [0.4, 0.5) is 26.3 Å². The molecule has 1 N–H and O–H groups in total. The summed E-state index contributed by atoms with van der Waals surface area (Å²) >= 11 is 0. The Morgan fingerprint density at radius 2 is 1.29 bits per heavy atom. The standard InChI is InChI=1S/C12H8F6O.C2H6/c1-2-3-10(19)7-4-8(11(13,14)15)6-9(5-7)12(16,17)18;1-2/h4-6,10,19H,1H3;1-2H3. The lowest BCUT2D eigenvalue weighted by Crippen LogP contribution is -2.12. The first kappa shape index (κ1) is 19.3. The van der Waals surface area contributed by atoms with E-state index >= 15 is 0 Å². The van der Waals surface area contributed by atoms with Crippen LogP contribution in [0.2, 0.25) is 0 Å². The van der Waals surface area contributed by atoms with Gasteiger partial charge >= 0.3 is 12.4 Å². The SMILES string of the molecule is CC.CC#CC(O)c1cc(C(F)(F)F)cc(C(F)(F)F)c1. The van der Waals surface area contributed by atoms with Crippen molar-refractivity contribution < 1.29 is 31.4 Å². The highest BCUT2D eigenvalue weighted by atomic mass is 19.4. The van der Waals surface area contributed by atoms with Crippen molar-refractivity contribution in [2.24, 2.45) is 0 Å². The van der Waals surface area contributed by atoms with Gasteiger partial charge in [0, 0.05) is 0 Å². The third-order valence-corrected chi connectivity index (χ3v) is 2.21. The molecule has 0 radical (unpaired) electrons. The first-order valence-electron chi connectivity index (χ1n) is 5.95. The Morgan fingerprint density at radius 3 is 1.57 bits per heavy atom. The van der Waals surface area contributed by atoms with E-state index in [0.29, 0.717) is 12.1 Å². The van der Waals surface area contributed by atoms with E-state index in [4.69, 9.17) is 0 Å². The fraction of sp³-hybridized carbons (Fsp3) is 0.429. The van der Waals surface area contributed by atoms with Gasteiger partial charge in [-0.3, -0.25) is 0 Å². The van der Waals surface area contributed by atoms with Gasteiger partial charge in [-0.05, 0) is 30.7 Å². The Labute approximate surface area is 118 Å². The average molecular weight is 312 g/mol. The maximum Gasteiger partial charge on any atom is 0.416 e. The molecule has 1 atom stereocenters. The molecule has 118 valence electrons. The van der Waals surface area contributed by atoms with Gasteiger partial charge < -0.3 is 5.11 Å². The van der Waals surface area contributed by atoms with E-state index in [2.05, 4.69) is 11.8 Å². The summed E-state index contributed by atoms with van der Waals surface area (Å²) in [6.45, 7) is 5.31. The van der Waals surface area contributed by atoms with Crippen molar-refractivity contribution in [3.63, 3.8) is 0 Å². The molecule has 0 aromatic heterocycles. The fourth-order valence-electron chi connectivity index (χ4n) is 1.36. The van der Waals surface area contributed by atoms with E-state index in [0.717, 1.165) is 0 Å². The van der Waals surface area contributed by atoms with Gasteiger partial charge in [-0.25, -0.2) is 0 Å². The van der Waals surface area contributed by atoms with Crippen LogP contribution in [0.3, 0.4) is 0 Å². The first-order valence-corrected chi connectivity index (χ1v) is 5.95. The molecular weight excluding hydrogens is 298 g/mol. The molecule has 0 aliphatic carbocycles. The van der Waals surface area contributed by atoms with Gasteiger partial charge in [0.05, 0.1) is 11.1 Å². The number of alkyl halides is 6. The van der Waals surface area contributed by atoms with Crippen LogP contribution in [-0.2, 0) is 12.4 Å². The lowest BCUT2D eigenvalue weighted by atomic mass is 10.0. The van der Waals surface area contributed by atoms with Gasteiger partial charge in [-0.15, -0.1) is 5.92 Å². The average Bonchev–Trinajstić information content (AvgIpc) is 2.39. The summed E-state index contributed by atoms with van der Waals surface area (Å²) in [5, 5.41) is 9.39. The molecule has 0 bridgehead atoms. The van der Waals surface area contributed by atoms with Crippen molar-refractivity contribution in [1.29, 1.82) is 0 Å². The smallest absolute Gasteiger partial charge is 0.376 e. The van der Waals surface area contributed by atoms with Crippen LogP contribution in [0.5, 0.6) is 0 Å². The lowest BCUT2D eigenvalue weighted by Gasteiger charge is -2.15. The highest BCUT2D eigenvalue weighted by molar-refractivity contribution is 5.37. The summed E-state index contributed by atoms with van der Waals surface area (Å²) in [6, 6.07) is 0.893. The minimum atomic E-state index is -4.94. The van der Waals surface area contributed by atoms with Crippen molar-refractivity contribution in [2.75, 3.05) is 0 Å². The number of aliphatic hydroxyl groups is 1. The molecule has 0 fully saturated rings. The van der Waals surface area contributed by atoms with Gasteiger partial charge in [0.15, 0.2) is 0 Å². The Balaban J connectivity index is 0.00000191. The zero-order valence-corrected chi connectivity index (χ0v) is 11.5. The highest BCUT2D eigenvalue weighted by Gasteiger charge is 2.37. The van der Waals surface area contributed by atoms with Crippen molar-refractivity contribution >= 4 is 0 Å². The third kappa shape index (κ3) is 5.68. The second-order valence-corrected chi connectivity index (χ2v) is 3.64. The zero-order chi connectivity index (χ0) is 16.8. The number of halogens is 6. The number of rotatable bonds is 1. The Bertz CT molecular complexity index is 487. The highest BCUT2D eigenvalue weighted by Crippen LogP contribution is 2.37. The molecule has 1 unspecified atom stereocenters. The quantitative estimate of drug-likeness (QED) is 0.583. The third-order valence-electron chi connectivity index (χ3n) is 2.21. The Morgan fingerprint density at radius 1 is 0.905 bits per heavy atom. The van der Waals surface area contributed by atoms with Gasteiger partial charge in [0.2, 0.25) is 0 Å². The molecular formula is C14H14F6O. The van der Waals surface area contributed by atoms with E-state index in [9.17, 15) is 31.4 Å². The largest absolute Gasteiger partial charge is 0.416 e. The topological polar surface area (TPSA) is 20.2 Å². The van der Waals surface area contributed by atoms with E-state index in [1.165, 1.54) is 6.92 Å². The fourth-order valence-corrected chi connectivity index (χ4v) is 1.36. The second kappa shape index (κ2) is 7.36. The molecule has 0 amide bonds. The summed E-state index contributed by atoms with van der Waals surface area (Å²) in [7, 11) is 0. The molecule has 7 heteroatoms. The lowest BCUT2D eigenvalue weighted by molar-refractivity contribution is -0.143. The number of hydrogen-bond donors (Lipinski definition) is 1. The van der Waals surface area contributed by atoms with Crippen LogP contribution < -0.4 is 0 Å². The number of aliphatic hydroxyl groups excluding tert-OH is 1. The number of benzene rings is 1. The second-order valence-electron chi connectivity index (χ2n) is 3.64. The Kier molecular flexibility index (Phi) is 6.77. The van der Waals surface area contributed by atoms with Gasteiger partial charge in [-0.1, -0.05) is 19.8 Å². The van der Waals surface area contributed by atoms with Gasteiger partial charge in [-0.2, -0.15) is 26.3 Å². The molecule has 0 aliphatic rings. The minimum absolute atomic E-state index is 0.00437. The van der Waals surface area contributed by atoms with Gasteiger partial charge in [0.1, 0.15) is 6.10 Å². The normalized spacial score (nSPS) is 12.7. The summed E-state index contributed by atoms with van der Waals surface area (Å²) in [6.07, 6.45) is -11.6. The van der Waals surface area contributed by atoms with Crippen LogP contribution in [0.1, 0.15) is 43.6 Å². The summed E-state index contributed by atoms with van der Waals surface area (Å²) in [5.74, 6) is 4.31. The molecule has 0 saturated heterocycles. The van der Waals surface area contributed by atoms with Crippen LogP contribution in [0.15, 0.2) is 18.2 Å². The molecule has 0 spiro atoms. The zero-order valence-electron chi connectivity index (χ0n) is 11.5. The van der Waals surface area contributed by atoms with Gasteiger partial charge in [0.25, 0.3) is 0 Å². The van der Waals surface area contributed by atoms with Crippen molar-refractivity contribution in [3.05, 3.63) is 34.9 Å². The van der Waals surface area contributed by atoms with Crippen LogP contribution in [0.25, 0.3) is 0 Å². The minimum Gasteiger partial charge on any atom is -0.376 e. The van der Waals surface area contributed by atoms with E-state index in [1.54, 1.807) is 0 Å². The molecule has 1 aromatic rings. The van der Waals surface area contributed by atoms with Crippen molar-refractivity contribution in [3.8, 4) is 11.8 Å². The van der Waals surface area contributed by atoms with E-state index in [-0.39, 0.29) is 6.07 Å². The predicted octanol–water partition coefficient (Wildman–Crippen LogP) is 4.81. The summed E-state index contributed by atoms with van der Waals surface area (Å²) in [4.78, 5) is 0. The van der Waals surface area contributed by atoms with Crippen LogP contribution in [0, 0.1) is 11.8 Å². The molecule has 0 saturated carbocycles.